The van der Waals surface area contributed by atoms with E-state index in [1.54, 1.807) is 12.1 Å². The Balaban J connectivity index is 2.68. The van der Waals surface area contributed by atoms with Crippen molar-refractivity contribution in [2.75, 3.05) is 11.9 Å². The first-order valence-electron chi connectivity index (χ1n) is 4.49. The van der Waals surface area contributed by atoms with Gasteiger partial charge in [-0.3, -0.25) is 0 Å². The summed E-state index contributed by atoms with van der Waals surface area (Å²) >= 11 is 5.75. The number of anilines is 1. The van der Waals surface area contributed by atoms with Crippen LogP contribution in [0.15, 0.2) is 30.4 Å². The number of rotatable bonds is 4. The van der Waals surface area contributed by atoms with E-state index >= 15 is 0 Å². The normalized spacial score (nSPS) is 9.93. The molecule has 3 heteroatoms. The zero-order valence-electron chi connectivity index (χ0n) is 8.11. The first-order chi connectivity index (χ1) is 6.65. The fraction of sp³-hybridized carbons (Fsp3) is 0.273. The summed E-state index contributed by atoms with van der Waals surface area (Å²) in [7, 11) is 0. The SMILES string of the molecule is C=C(CC)CNc1cccc(F)c1Cl. The molecule has 0 fully saturated rings. The van der Waals surface area contributed by atoms with E-state index in [1.807, 2.05) is 6.92 Å². The lowest BCUT2D eigenvalue weighted by atomic mass is 10.2. The molecule has 1 N–H and O–H groups in total. The van der Waals surface area contributed by atoms with Crippen LogP contribution in [0.5, 0.6) is 0 Å². The lowest BCUT2D eigenvalue weighted by molar-refractivity contribution is 0.628. The summed E-state index contributed by atoms with van der Waals surface area (Å²) in [6.07, 6.45) is 0.903. The molecule has 1 aromatic rings. The van der Waals surface area contributed by atoms with E-state index in [9.17, 15) is 4.39 Å². The predicted molar refractivity (Wildman–Crippen MR) is 59.3 cm³/mol. The minimum Gasteiger partial charge on any atom is -0.380 e. The first-order valence-corrected chi connectivity index (χ1v) is 4.87. The molecule has 0 heterocycles. The Bertz CT molecular complexity index is 336. The van der Waals surface area contributed by atoms with Gasteiger partial charge in [-0.15, -0.1) is 0 Å². The van der Waals surface area contributed by atoms with Gasteiger partial charge in [0.15, 0.2) is 0 Å². The average molecular weight is 214 g/mol. The van der Waals surface area contributed by atoms with Gasteiger partial charge in [-0.25, -0.2) is 4.39 Å². The van der Waals surface area contributed by atoms with Crippen molar-refractivity contribution in [1.82, 2.24) is 0 Å². The van der Waals surface area contributed by atoms with Crippen molar-refractivity contribution in [3.05, 3.63) is 41.2 Å². The molecular weight excluding hydrogens is 201 g/mol. The Kier molecular flexibility index (Phi) is 3.96. The Morgan fingerprint density at radius 3 is 2.93 bits per heavy atom. The molecule has 0 aromatic heterocycles. The fourth-order valence-electron chi connectivity index (χ4n) is 0.986. The first kappa shape index (κ1) is 11.1. The molecular formula is C11H13ClFN. The highest BCUT2D eigenvalue weighted by Crippen LogP contribution is 2.24. The van der Waals surface area contributed by atoms with Crippen LogP contribution in [0.2, 0.25) is 5.02 Å². The van der Waals surface area contributed by atoms with Crippen LogP contribution in [0, 0.1) is 5.82 Å². The highest BCUT2D eigenvalue weighted by molar-refractivity contribution is 6.33. The Morgan fingerprint density at radius 2 is 2.29 bits per heavy atom. The number of halogens is 2. The van der Waals surface area contributed by atoms with Crippen LogP contribution in [-0.2, 0) is 0 Å². The second kappa shape index (κ2) is 5.01. The minimum absolute atomic E-state index is 0.136. The number of hydrogen-bond acceptors (Lipinski definition) is 1. The summed E-state index contributed by atoms with van der Waals surface area (Å²) in [6.45, 7) is 6.49. The molecule has 0 amide bonds. The number of hydrogen-bond donors (Lipinski definition) is 1. The topological polar surface area (TPSA) is 12.0 Å². The van der Waals surface area contributed by atoms with Crippen LogP contribution in [0.3, 0.4) is 0 Å². The number of benzene rings is 1. The third-order valence-electron chi connectivity index (χ3n) is 1.98. The summed E-state index contributed by atoms with van der Waals surface area (Å²) in [5, 5.41) is 3.17. The van der Waals surface area contributed by atoms with E-state index in [1.165, 1.54) is 6.07 Å². The van der Waals surface area contributed by atoms with E-state index in [2.05, 4.69) is 11.9 Å². The largest absolute Gasteiger partial charge is 0.380 e. The maximum Gasteiger partial charge on any atom is 0.143 e. The van der Waals surface area contributed by atoms with E-state index < -0.39 is 5.82 Å². The summed E-state index contributed by atoms with van der Waals surface area (Å²) in [5.74, 6) is -0.404. The summed E-state index contributed by atoms with van der Waals surface area (Å²) in [6, 6.07) is 4.70. The molecule has 0 saturated carbocycles. The van der Waals surface area contributed by atoms with Crippen molar-refractivity contribution in [2.24, 2.45) is 0 Å². The molecule has 0 radical (unpaired) electrons. The zero-order valence-corrected chi connectivity index (χ0v) is 8.87. The minimum atomic E-state index is -0.404. The van der Waals surface area contributed by atoms with E-state index in [-0.39, 0.29) is 5.02 Å². The molecule has 76 valence electrons. The van der Waals surface area contributed by atoms with Gasteiger partial charge in [0.2, 0.25) is 0 Å². The zero-order chi connectivity index (χ0) is 10.6. The van der Waals surface area contributed by atoms with Gasteiger partial charge in [-0.2, -0.15) is 0 Å². The molecule has 0 spiro atoms. The van der Waals surface area contributed by atoms with Crippen LogP contribution >= 0.6 is 11.6 Å². The highest BCUT2D eigenvalue weighted by Gasteiger charge is 2.04. The third kappa shape index (κ3) is 2.74. The average Bonchev–Trinajstić information content (AvgIpc) is 2.20. The third-order valence-corrected chi connectivity index (χ3v) is 2.36. The predicted octanol–water partition coefficient (Wildman–Crippen LogP) is 3.86. The van der Waals surface area contributed by atoms with Crippen LogP contribution in [0.4, 0.5) is 10.1 Å². The van der Waals surface area contributed by atoms with Crippen LogP contribution < -0.4 is 5.32 Å². The van der Waals surface area contributed by atoms with E-state index in [0.717, 1.165) is 12.0 Å². The van der Waals surface area contributed by atoms with Gasteiger partial charge >= 0.3 is 0 Å². The Hall–Kier alpha value is -1.02. The summed E-state index contributed by atoms with van der Waals surface area (Å²) < 4.78 is 13.0. The molecule has 0 saturated heterocycles. The molecule has 0 unspecified atom stereocenters. The van der Waals surface area contributed by atoms with Gasteiger partial charge in [-0.05, 0) is 18.6 Å². The lowest BCUT2D eigenvalue weighted by Gasteiger charge is -2.09. The molecule has 1 nitrogen and oxygen atoms in total. The monoisotopic (exact) mass is 213 g/mol. The van der Waals surface area contributed by atoms with Gasteiger partial charge in [0.25, 0.3) is 0 Å². The molecule has 1 rings (SSSR count). The maximum absolute atomic E-state index is 13.0. The van der Waals surface area contributed by atoms with Gasteiger partial charge in [-0.1, -0.05) is 36.7 Å². The van der Waals surface area contributed by atoms with Crippen molar-refractivity contribution >= 4 is 17.3 Å². The van der Waals surface area contributed by atoms with Crippen molar-refractivity contribution in [3.63, 3.8) is 0 Å². The second-order valence-electron chi connectivity index (χ2n) is 3.06. The second-order valence-corrected chi connectivity index (χ2v) is 3.44. The Labute approximate surface area is 88.6 Å². The van der Waals surface area contributed by atoms with Crippen molar-refractivity contribution in [2.45, 2.75) is 13.3 Å². The molecule has 1 aromatic carbocycles. The van der Waals surface area contributed by atoms with Gasteiger partial charge in [0, 0.05) is 6.54 Å². The van der Waals surface area contributed by atoms with Crippen molar-refractivity contribution in [1.29, 1.82) is 0 Å². The van der Waals surface area contributed by atoms with Gasteiger partial charge in [0.1, 0.15) is 5.82 Å². The standard InChI is InChI=1S/C11H13ClFN/c1-3-8(2)7-14-10-6-4-5-9(13)11(10)12/h4-6,14H,2-3,7H2,1H3. The van der Waals surface area contributed by atoms with Gasteiger partial charge < -0.3 is 5.32 Å². The van der Waals surface area contributed by atoms with E-state index in [4.69, 9.17) is 11.6 Å². The van der Waals surface area contributed by atoms with E-state index in [0.29, 0.717) is 12.2 Å². The van der Waals surface area contributed by atoms with Gasteiger partial charge in [0.05, 0.1) is 10.7 Å². The highest BCUT2D eigenvalue weighted by atomic mass is 35.5. The van der Waals surface area contributed by atoms with Crippen LogP contribution in [0.25, 0.3) is 0 Å². The quantitative estimate of drug-likeness (QED) is 0.749. The maximum atomic E-state index is 13.0. The van der Waals surface area contributed by atoms with Crippen LogP contribution in [0.1, 0.15) is 13.3 Å². The molecule has 14 heavy (non-hydrogen) atoms. The summed E-state index contributed by atoms with van der Waals surface area (Å²) in [4.78, 5) is 0. The summed E-state index contributed by atoms with van der Waals surface area (Å²) in [5.41, 5.74) is 1.67. The van der Waals surface area contributed by atoms with Crippen molar-refractivity contribution < 1.29 is 4.39 Å². The smallest absolute Gasteiger partial charge is 0.143 e. The fourth-order valence-corrected chi connectivity index (χ4v) is 1.18. The molecule has 0 aliphatic carbocycles. The molecule has 0 bridgehead atoms. The molecule has 0 atom stereocenters. The number of nitrogens with one attached hydrogen (secondary N) is 1. The van der Waals surface area contributed by atoms with Crippen molar-refractivity contribution in [3.8, 4) is 0 Å². The lowest BCUT2D eigenvalue weighted by Crippen LogP contribution is -2.04. The molecule has 0 aliphatic heterocycles. The Morgan fingerprint density at radius 1 is 1.57 bits per heavy atom. The van der Waals surface area contributed by atoms with Crippen LogP contribution in [-0.4, -0.2) is 6.54 Å². The molecule has 0 aliphatic rings.